The fourth-order valence-electron chi connectivity index (χ4n) is 4.83. The molecule has 0 unspecified atom stereocenters. The number of rotatable bonds is 10. The van der Waals surface area contributed by atoms with Gasteiger partial charge in [0.05, 0.1) is 11.3 Å². The molecule has 2 aromatic carbocycles. The lowest BCUT2D eigenvalue weighted by atomic mass is 9.84. The Morgan fingerprint density at radius 2 is 1.60 bits per heavy atom. The minimum Gasteiger partial charge on any atom is -0.370 e. The number of aliphatic imine (C=N–C) groups is 1. The van der Waals surface area contributed by atoms with Gasteiger partial charge in [-0.05, 0) is 85.2 Å². The van der Waals surface area contributed by atoms with Crippen LogP contribution in [0.2, 0.25) is 0 Å². The molecular weight excluding hydrogens is 617 g/mol. The Kier molecular flexibility index (Phi) is 12.6. The van der Waals surface area contributed by atoms with Crippen LogP contribution in [0.5, 0.6) is 0 Å². The molecule has 4 rings (SSSR count). The third-order valence-corrected chi connectivity index (χ3v) is 7.74. The molecule has 0 aliphatic heterocycles. The van der Waals surface area contributed by atoms with Crippen molar-refractivity contribution < 1.29 is 13.2 Å². The van der Waals surface area contributed by atoms with Crippen LogP contribution in [0.15, 0.2) is 64.5 Å². The number of halogens is 3. The molecule has 0 spiro atoms. The van der Waals surface area contributed by atoms with Gasteiger partial charge in [-0.2, -0.15) is 18.2 Å². The van der Waals surface area contributed by atoms with Crippen molar-refractivity contribution in [2.24, 2.45) is 22.2 Å². The second kappa shape index (κ2) is 15.8. The van der Waals surface area contributed by atoms with E-state index in [-0.39, 0.29) is 28.5 Å². The van der Waals surface area contributed by atoms with E-state index in [2.05, 4.69) is 47.1 Å². The van der Waals surface area contributed by atoms with Crippen LogP contribution in [0.3, 0.4) is 0 Å². The summed E-state index contributed by atoms with van der Waals surface area (Å²) in [5.41, 5.74) is 20.1. The molecule has 8 N–H and O–H groups in total. The van der Waals surface area contributed by atoms with Crippen LogP contribution in [-0.4, -0.2) is 39.6 Å². The number of hydrogen-bond donors (Lipinski definition) is 5. The maximum absolute atomic E-state index is 12.9. The summed E-state index contributed by atoms with van der Waals surface area (Å²) in [6.45, 7) is 16.1. The van der Waals surface area contributed by atoms with Crippen LogP contribution >= 0.6 is 0 Å². The number of aromatic nitrogens is 3. The number of nitrogens with zero attached hydrogens (tertiary/aromatic N) is 3. The molecule has 4 aromatic rings. The fraction of sp³-hybridized carbons (Fsp3) is 0.472. The van der Waals surface area contributed by atoms with E-state index in [4.69, 9.17) is 17.2 Å². The molecule has 0 aliphatic rings. The highest BCUT2D eigenvalue weighted by Gasteiger charge is 2.32. The van der Waals surface area contributed by atoms with Gasteiger partial charge in [0, 0.05) is 41.8 Å². The first-order valence-electron chi connectivity index (χ1n) is 16.2. The number of nitrogens with one attached hydrogen (secondary N) is 2. The van der Waals surface area contributed by atoms with E-state index in [9.17, 15) is 18.0 Å². The van der Waals surface area contributed by atoms with Gasteiger partial charge in [-0.15, -0.1) is 0 Å². The molecular formula is C36H51F3N8O. The van der Waals surface area contributed by atoms with Gasteiger partial charge in [0.1, 0.15) is 5.65 Å². The Balaban J connectivity index is 0.000000286. The Labute approximate surface area is 281 Å². The third kappa shape index (κ3) is 11.5. The summed E-state index contributed by atoms with van der Waals surface area (Å²) >= 11 is 0. The van der Waals surface area contributed by atoms with Crippen molar-refractivity contribution in [1.29, 1.82) is 0 Å². The van der Waals surface area contributed by atoms with Gasteiger partial charge in [-0.25, -0.2) is 4.79 Å². The number of H-pyrrole nitrogens is 1. The van der Waals surface area contributed by atoms with E-state index in [1.54, 1.807) is 4.57 Å². The molecule has 262 valence electrons. The first-order chi connectivity index (χ1) is 22.2. The van der Waals surface area contributed by atoms with Crippen LogP contribution in [0.1, 0.15) is 89.3 Å². The molecule has 1 atom stereocenters. The number of aryl methyl sites for hydroxylation is 1. The zero-order chi connectivity index (χ0) is 35.9. The van der Waals surface area contributed by atoms with Crippen molar-refractivity contribution in [3.05, 3.63) is 93.2 Å². The highest BCUT2D eigenvalue weighted by atomic mass is 19.4. The van der Waals surface area contributed by atoms with Crippen LogP contribution < -0.4 is 28.2 Å². The number of nitrogens with two attached hydrogens (primary N) is 3. The quantitative estimate of drug-likeness (QED) is 0.0789. The average Bonchev–Trinajstić information content (AvgIpc) is 3.41. The van der Waals surface area contributed by atoms with Crippen molar-refractivity contribution >= 4 is 17.0 Å². The maximum Gasteiger partial charge on any atom is 0.416 e. The van der Waals surface area contributed by atoms with Gasteiger partial charge in [0.2, 0.25) is 0 Å². The van der Waals surface area contributed by atoms with Gasteiger partial charge in [-0.3, -0.25) is 9.56 Å². The molecule has 48 heavy (non-hydrogen) atoms. The highest BCUT2D eigenvalue weighted by molar-refractivity contribution is 5.76. The highest BCUT2D eigenvalue weighted by Crippen LogP contribution is 2.34. The second-order valence-electron chi connectivity index (χ2n) is 14.3. The summed E-state index contributed by atoms with van der Waals surface area (Å²) in [5.74, 6) is 0.123. The predicted molar refractivity (Wildman–Crippen MR) is 190 cm³/mol. The van der Waals surface area contributed by atoms with Gasteiger partial charge in [0.25, 0.3) is 0 Å². The average molecular weight is 669 g/mol. The molecule has 0 fully saturated rings. The topological polar surface area (TPSA) is 153 Å². The molecule has 0 aliphatic carbocycles. The van der Waals surface area contributed by atoms with Crippen LogP contribution in [0.4, 0.5) is 13.2 Å². The Bertz CT molecular complexity index is 1690. The largest absolute Gasteiger partial charge is 0.416 e. The summed E-state index contributed by atoms with van der Waals surface area (Å²) in [5, 5.41) is 4.27. The second-order valence-corrected chi connectivity index (χ2v) is 14.3. The SMILES string of the molecule is CC(C)(C)c1cc2cn(-c3ccc(CNCCCN=C(N)N)cc3)c(=O)nc2[nH]1.C[C@@H](N)CCc1cc(C(C)(C)C)cc(C(F)(F)F)c1. The first kappa shape index (κ1) is 38.3. The van der Waals surface area contributed by atoms with Gasteiger partial charge in [0.15, 0.2) is 5.96 Å². The smallest absolute Gasteiger partial charge is 0.370 e. The van der Waals surface area contributed by atoms with Crippen molar-refractivity contribution in [2.45, 2.75) is 97.3 Å². The normalized spacial score (nSPS) is 12.8. The van der Waals surface area contributed by atoms with Crippen molar-refractivity contribution in [1.82, 2.24) is 19.9 Å². The monoisotopic (exact) mass is 668 g/mol. The van der Waals surface area contributed by atoms with Gasteiger partial charge < -0.3 is 27.5 Å². The zero-order valence-corrected chi connectivity index (χ0v) is 29.1. The summed E-state index contributed by atoms with van der Waals surface area (Å²) in [7, 11) is 0. The lowest BCUT2D eigenvalue weighted by Crippen LogP contribution is -2.23. The van der Waals surface area contributed by atoms with E-state index in [1.807, 2.05) is 64.2 Å². The number of guanidine groups is 1. The number of hydrogen-bond acceptors (Lipinski definition) is 5. The van der Waals surface area contributed by atoms with E-state index >= 15 is 0 Å². The van der Waals surface area contributed by atoms with E-state index < -0.39 is 11.7 Å². The molecule has 9 nitrogen and oxygen atoms in total. The molecule has 0 amide bonds. The minimum absolute atomic E-state index is 0.00682. The molecule has 0 saturated carbocycles. The summed E-state index contributed by atoms with van der Waals surface area (Å²) in [4.78, 5) is 23.9. The number of aromatic amines is 1. The van der Waals surface area contributed by atoms with Crippen LogP contribution in [0, 0.1) is 0 Å². The number of alkyl halides is 3. The van der Waals surface area contributed by atoms with Gasteiger partial charge >= 0.3 is 11.9 Å². The van der Waals surface area contributed by atoms with Crippen LogP contribution in [-0.2, 0) is 30.0 Å². The van der Waals surface area contributed by atoms with Crippen molar-refractivity contribution in [3.63, 3.8) is 0 Å². The predicted octanol–water partition coefficient (Wildman–Crippen LogP) is 6.05. The molecule has 2 heterocycles. The molecule has 0 saturated heterocycles. The standard InChI is InChI=1S/C21H29N7O.C15H22F3N/c1-21(2,3)17-11-15-13-28(20(29)27-18(15)26-17)16-7-5-14(6-8-16)12-24-9-4-10-25-19(22)23;1-10(19)5-6-11-7-12(14(2,3)4)9-13(8-11)15(16,17)18/h5-8,11,13,24H,4,9-10,12H2,1-3H3,(H4,22,23,25)(H,26,27,29);7-10H,5-6,19H2,1-4H3/t;10-/m.1/s1. The Morgan fingerprint density at radius 1 is 0.958 bits per heavy atom. The summed E-state index contributed by atoms with van der Waals surface area (Å²) in [6, 6.07) is 14.3. The first-order valence-corrected chi connectivity index (χ1v) is 16.2. The number of benzene rings is 2. The molecule has 12 heteroatoms. The van der Waals surface area contributed by atoms with Crippen molar-refractivity contribution in [2.75, 3.05) is 13.1 Å². The lowest BCUT2D eigenvalue weighted by molar-refractivity contribution is -0.137. The molecule has 0 bridgehead atoms. The fourth-order valence-corrected chi connectivity index (χ4v) is 4.83. The van der Waals surface area contributed by atoms with Crippen LogP contribution in [0.25, 0.3) is 16.7 Å². The maximum atomic E-state index is 12.9. The summed E-state index contributed by atoms with van der Waals surface area (Å²) < 4.78 is 40.3. The Morgan fingerprint density at radius 3 is 2.17 bits per heavy atom. The summed E-state index contributed by atoms with van der Waals surface area (Å²) in [6.07, 6.45) is -0.336. The van der Waals surface area contributed by atoms with Crippen molar-refractivity contribution in [3.8, 4) is 5.69 Å². The number of fused-ring (bicyclic) bond motifs is 1. The third-order valence-electron chi connectivity index (χ3n) is 7.74. The van der Waals surface area contributed by atoms with Gasteiger partial charge in [-0.1, -0.05) is 59.7 Å². The molecule has 2 aromatic heterocycles. The van der Waals surface area contributed by atoms with E-state index in [0.29, 0.717) is 36.2 Å². The minimum atomic E-state index is -4.30. The lowest BCUT2D eigenvalue weighted by Gasteiger charge is -2.22. The van der Waals surface area contributed by atoms with E-state index in [1.165, 1.54) is 12.1 Å². The Hall–Kier alpha value is -4.16. The molecule has 0 radical (unpaired) electrons. The van der Waals surface area contributed by atoms with E-state index in [0.717, 1.165) is 41.8 Å². The zero-order valence-electron chi connectivity index (χ0n) is 29.1.